The zero-order valence-corrected chi connectivity index (χ0v) is 9.90. The number of aromatic amines is 1. The van der Waals surface area contributed by atoms with Crippen molar-refractivity contribution in [1.82, 2.24) is 4.98 Å². The van der Waals surface area contributed by atoms with Crippen molar-refractivity contribution in [3.8, 4) is 5.75 Å². The molecule has 0 aliphatic rings. The minimum atomic E-state index is -0.950. The number of benzene rings is 1. The Morgan fingerprint density at radius 1 is 1.33 bits per heavy atom. The number of H-pyrrole nitrogens is 1. The largest absolute Gasteiger partial charge is 0.483 e. The summed E-state index contributed by atoms with van der Waals surface area (Å²) in [6, 6.07) is 7.34. The molecule has 5 nitrogen and oxygen atoms in total. The van der Waals surface area contributed by atoms with Crippen molar-refractivity contribution in [1.29, 1.82) is 0 Å². The second-order valence-corrected chi connectivity index (χ2v) is 4.04. The summed E-state index contributed by atoms with van der Waals surface area (Å²) in [5.41, 5.74) is 1.28. The first-order valence-electron chi connectivity index (χ1n) is 5.51. The Hall–Kier alpha value is -2.30. The molecule has 1 heterocycles. The zero-order valence-electron chi connectivity index (χ0n) is 9.90. The smallest absolute Gasteiger partial charge is 0.309 e. The van der Waals surface area contributed by atoms with Gasteiger partial charge in [-0.2, -0.15) is 0 Å². The molecule has 2 rings (SSSR count). The molecule has 1 aromatic heterocycles. The number of nitrogens with one attached hydrogen (secondary N) is 1. The van der Waals surface area contributed by atoms with Crippen molar-refractivity contribution in [3.05, 3.63) is 30.0 Å². The molecule has 0 saturated heterocycles. The van der Waals surface area contributed by atoms with Crippen LogP contribution in [0.3, 0.4) is 0 Å². The number of fused-ring (bicyclic) bond motifs is 1. The molecule has 94 valence electrons. The van der Waals surface area contributed by atoms with Crippen LogP contribution < -0.4 is 4.74 Å². The maximum atomic E-state index is 11.0. The number of carbonyl (C=O) groups is 2. The minimum absolute atomic E-state index is 0.0610. The van der Waals surface area contributed by atoms with E-state index in [9.17, 15) is 9.59 Å². The summed E-state index contributed by atoms with van der Waals surface area (Å²) in [4.78, 5) is 24.8. The number of rotatable bonds is 5. The molecule has 0 spiro atoms. The summed E-state index contributed by atoms with van der Waals surface area (Å²) in [6.07, 6.45) is -0.165. The molecule has 0 radical (unpaired) electrons. The quantitative estimate of drug-likeness (QED) is 0.843. The van der Waals surface area contributed by atoms with Gasteiger partial charge in [-0.1, -0.05) is 12.1 Å². The number of carbonyl (C=O) groups excluding carboxylic acids is 1. The fraction of sp³-hybridized carbons (Fsp3) is 0.231. The molecular weight excluding hydrogens is 234 g/mol. The Labute approximate surface area is 103 Å². The van der Waals surface area contributed by atoms with Crippen LogP contribution in [0.4, 0.5) is 0 Å². The van der Waals surface area contributed by atoms with Crippen LogP contribution in [0.2, 0.25) is 0 Å². The van der Waals surface area contributed by atoms with E-state index in [0.29, 0.717) is 11.4 Å². The number of para-hydroxylation sites is 1. The monoisotopic (exact) mass is 247 g/mol. The number of ketones is 1. The third kappa shape index (κ3) is 2.51. The predicted molar refractivity (Wildman–Crippen MR) is 65.8 cm³/mol. The SMILES string of the molecule is CC(=O)COc1c(CC(=O)O)[nH]c2ccccc12. The average Bonchev–Trinajstić information content (AvgIpc) is 2.62. The first-order chi connectivity index (χ1) is 8.58. The van der Waals surface area contributed by atoms with Gasteiger partial charge in [0.05, 0.1) is 12.1 Å². The maximum absolute atomic E-state index is 11.0. The van der Waals surface area contributed by atoms with Crippen LogP contribution >= 0.6 is 0 Å². The lowest BCUT2D eigenvalue weighted by Gasteiger charge is -2.04. The van der Waals surface area contributed by atoms with Crippen LogP contribution in [0.1, 0.15) is 12.6 Å². The van der Waals surface area contributed by atoms with Gasteiger partial charge in [0.25, 0.3) is 0 Å². The molecule has 0 aliphatic heterocycles. The zero-order chi connectivity index (χ0) is 13.1. The molecule has 0 saturated carbocycles. The lowest BCUT2D eigenvalue weighted by Crippen LogP contribution is -2.09. The van der Waals surface area contributed by atoms with Gasteiger partial charge in [0, 0.05) is 10.9 Å². The molecule has 0 unspecified atom stereocenters. The Morgan fingerprint density at radius 2 is 2.06 bits per heavy atom. The van der Waals surface area contributed by atoms with Gasteiger partial charge >= 0.3 is 5.97 Å². The highest BCUT2D eigenvalue weighted by molar-refractivity contribution is 5.89. The van der Waals surface area contributed by atoms with E-state index in [0.717, 1.165) is 10.9 Å². The maximum Gasteiger partial charge on any atom is 0.309 e. The van der Waals surface area contributed by atoms with Crippen molar-refractivity contribution >= 4 is 22.7 Å². The lowest BCUT2D eigenvalue weighted by atomic mass is 10.2. The Kier molecular flexibility index (Phi) is 3.32. The lowest BCUT2D eigenvalue weighted by molar-refractivity contribution is -0.136. The van der Waals surface area contributed by atoms with Gasteiger partial charge in [-0.25, -0.2) is 0 Å². The summed E-state index contributed by atoms with van der Waals surface area (Å²) < 4.78 is 5.41. The van der Waals surface area contributed by atoms with Crippen molar-refractivity contribution in [2.24, 2.45) is 0 Å². The Bertz CT molecular complexity index is 600. The van der Waals surface area contributed by atoms with Crippen molar-refractivity contribution < 1.29 is 19.4 Å². The fourth-order valence-corrected chi connectivity index (χ4v) is 1.79. The number of carboxylic acid groups (broad SMARTS) is 1. The van der Waals surface area contributed by atoms with Gasteiger partial charge in [-0.15, -0.1) is 0 Å². The topological polar surface area (TPSA) is 79.4 Å². The molecule has 1 aromatic carbocycles. The number of hydrogen-bond donors (Lipinski definition) is 2. The summed E-state index contributed by atoms with van der Waals surface area (Å²) in [5, 5.41) is 9.64. The standard InChI is InChI=1S/C13H13NO4/c1-8(15)7-18-13-9-4-2-3-5-10(9)14-11(13)6-12(16)17/h2-5,14H,6-7H2,1H3,(H,16,17). The van der Waals surface area contributed by atoms with Gasteiger partial charge in [-0.3, -0.25) is 9.59 Å². The third-order valence-corrected chi connectivity index (χ3v) is 2.48. The van der Waals surface area contributed by atoms with Gasteiger partial charge in [0.2, 0.25) is 0 Å². The van der Waals surface area contributed by atoms with Crippen LogP contribution in [0.25, 0.3) is 10.9 Å². The van der Waals surface area contributed by atoms with E-state index in [1.165, 1.54) is 6.92 Å². The molecular formula is C13H13NO4. The van der Waals surface area contributed by atoms with E-state index < -0.39 is 5.97 Å². The second-order valence-electron chi connectivity index (χ2n) is 4.04. The van der Waals surface area contributed by atoms with Crippen LogP contribution in [-0.4, -0.2) is 28.4 Å². The molecule has 18 heavy (non-hydrogen) atoms. The van der Waals surface area contributed by atoms with E-state index in [4.69, 9.17) is 9.84 Å². The van der Waals surface area contributed by atoms with Gasteiger partial charge in [-0.05, 0) is 19.1 Å². The summed E-state index contributed by atoms with van der Waals surface area (Å²) >= 11 is 0. The van der Waals surface area contributed by atoms with Crippen LogP contribution in [-0.2, 0) is 16.0 Å². The highest BCUT2D eigenvalue weighted by Gasteiger charge is 2.15. The van der Waals surface area contributed by atoms with E-state index in [1.807, 2.05) is 24.3 Å². The van der Waals surface area contributed by atoms with Crippen molar-refractivity contribution in [3.63, 3.8) is 0 Å². The van der Waals surface area contributed by atoms with E-state index >= 15 is 0 Å². The number of ether oxygens (including phenoxy) is 1. The number of aliphatic carboxylic acids is 1. The predicted octanol–water partition coefficient (Wildman–Crippen LogP) is 1.76. The molecule has 2 aromatic rings. The van der Waals surface area contributed by atoms with Crippen LogP contribution in [0.15, 0.2) is 24.3 Å². The number of Topliss-reactive ketones (excluding diaryl/α,β-unsaturated/α-hetero) is 1. The molecule has 0 fully saturated rings. The number of aromatic nitrogens is 1. The molecule has 0 bridgehead atoms. The van der Waals surface area contributed by atoms with Crippen LogP contribution in [0, 0.1) is 0 Å². The highest BCUT2D eigenvalue weighted by atomic mass is 16.5. The highest BCUT2D eigenvalue weighted by Crippen LogP contribution is 2.30. The summed E-state index contributed by atoms with van der Waals surface area (Å²) in [5.74, 6) is -0.612. The van der Waals surface area contributed by atoms with Crippen molar-refractivity contribution in [2.75, 3.05) is 6.61 Å². The number of hydrogen-bond acceptors (Lipinski definition) is 3. The summed E-state index contributed by atoms with van der Waals surface area (Å²) in [7, 11) is 0. The number of carboxylic acids is 1. The normalized spacial score (nSPS) is 10.5. The Morgan fingerprint density at radius 3 is 2.72 bits per heavy atom. The molecule has 0 atom stereocenters. The minimum Gasteiger partial charge on any atom is -0.483 e. The molecule has 2 N–H and O–H groups in total. The van der Waals surface area contributed by atoms with Gasteiger partial charge in [0.1, 0.15) is 12.4 Å². The van der Waals surface area contributed by atoms with E-state index in [-0.39, 0.29) is 18.8 Å². The Balaban J connectivity index is 2.43. The van der Waals surface area contributed by atoms with Gasteiger partial charge in [0.15, 0.2) is 5.78 Å². The fourth-order valence-electron chi connectivity index (χ4n) is 1.79. The van der Waals surface area contributed by atoms with Crippen molar-refractivity contribution in [2.45, 2.75) is 13.3 Å². The van der Waals surface area contributed by atoms with E-state index in [1.54, 1.807) is 0 Å². The molecule has 0 aliphatic carbocycles. The second kappa shape index (κ2) is 4.91. The average molecular weight is 247 g/mol. The molecule has 5 heteroatoms. The third-order valence-electron chi connectivity index (χ3n) is 2.48. The molecule has 0 amide bonds. The van der Waals surface area contributed by atoms with Gasteiger partial charge < -0.3 is 14.8 Å². The first-order valence-corrected chi connectivity index (χ1v) is 5.51. The summed E-state index contributed by atoms with van der Waals surface area (Å²) in [6.45, 7) is 1.36. The van der Waals surface area contributed by atoms with E-state index in [2.05, 4.69) is 4.98 Å². The van der Waals surface area contributed by atoms with Crippen LogP contribution in [0.5, 0.6) is 5.75 Å². The first kappa shape index (κ1) is 12.2.